The van der Waals surface area contributed by atoms with Gasteiger partial charge in [0.15, 0.2) is 0 Å². The number of hydrogen-bond acceptors (Lipinski definition) is 2. The maximum Gasteiger partial charge on any atom is 0.0139 e. The minimum Gasteiger partial charge on any atom is -0.312 e. The fraction of sp³-hybridized carbons (Fsp3) is 1.00. The SMILES string of the molecule is CC(C)CN(C1CCCC1)C1CCC1CNC(C)(C)C. The van der Waals surface area contributed by atoms with E-state index in [-0.39, 0.29) is 5.54 Å². The smallest absolute Gasteiger partial charge is 0.0139 e. The van der Waals surface area contributed by atoms with E-state index < -0.39 is 0 Å². The minimum atomic E-state index is 0.260. The molecule has 0 spiro atoms. The Morgan fingerprint density at radius 2 is 1.70 bits per heavy atom. The molecule has 1 N–H and O–H groups in total. The van der Waals surface area contributed by atoms with E-state index >= 15 is 0 Å². The molecule has 2 rings (SSSR count). The second-order valence-corrected chi connectivity index (χ2v) is 8.56. The van der Waals surface area contributed by atoms with Crippen molar-refractivity contribution in [2.45, 2.75) is 90.8 Å². The van der Waals surface area contributed by atoms with Gasteiger partial charge >= 0.3 is 0 Å². The third-order valence-electron chi connectivity index (χ3n) is 5.07. The van der Waals surface area contributed by atoms with Gasteiger partial charge in [-0.25, -0.2) is 0 Å². The Balaban J connectivity index is 1.90. The third kappa shape index (κ3) is 4.46. The van der Waals surface area contributed by atoms with E-state index in [1.807, 2.05) is 0 Å². The predicted octanol–water partition coefficient (Wildman–Crippen LogP) is 4.05. The van der Waals surface area contributed by atoms with Crippen LogP contribution < -0.4 is 5.32 Å². The van der Waals surface area contributed by atoms with Gasteiger partial charge in [-0.2, -0.15) is 0 Å². The fourth-order valence-corrected chi connectivity index (χ4v) is 3.88. The monoisotopic (exact) mass is 280 g/mol. The average molecular weight is 280 g/mol. The molecule has 2 aliphatic rings. The molecule has 0 aliphatic heterocycles. The molecule has 0 bridgehead atoms. The summed E-state index contributed by atoms with van der Waals surface area (Å²) in [7, 11) is 0. The van der Waals surface area contributed by atoms with E-state index in [1.54, 1.807) is 0 Å². The number of nitrogens with one attached hydrogen (secondary N) is 1. The van der Waals surface area contributed by atoms with E-state index in [1.165, 1.54) is 51.6 Å². The van der Waals surface area contributed by atoms with Crippen LogP contribution in [0.15, 0.2) is 0 Å². The molecule has 0 aromatic carbocycles. The first-order valence-electron chi connectivity index (χ1n) is 8.87. The van der Waals surface area contributed by atoms with Crippen molar-refractivity contribution in [3.05, 3.63) is 0 Å². The molecule has 2 atom stereocenters. The molecule has 2 aliphatic carbocycles. The molecule has 20 heavy (non-hydrogen) atoms. The van der Waals surface area contributed by atoms with Gasteiger partial charge in [0.25, 0.3) is 0 Å². The van der Waals surface area contributed by atoms with Gasteiger partial charge in [0.05, 0.1) is 0 Å². The zero-order chi connectivity index (χ0) is 14.8. The van der Waals surface area contributed by atoms with Gasteiger partial charge in [-0.15, -0.1) is 0 Å². The first-order chi connectivity index (χ1) is 9.37. The normalized spacial score (nSPS) is 28.4. The summed E-state index contributed by atoms with van der Waals surface area (Å²) >= 11 is 0. The Morgan fingerprint density at radius 1 is 1.05 bits per heavy atom. The van der Waals surface area contributed by atoms with Gasteiger partial charge in [0, 0.05) is 24.2 Å². The molecule has 2 heteroatoms. The number of nitrogens with zero attached hydrogens (tertiary/aromatic N) is 1. The van der Waals surface area contributed by atoms with Crippen LogP contribution in [0.1, 0.15) is 73.1 Å². The summed E-state index contributed by atoms with van der Waals surface area (Å²) < 4.78 is 0. The van der Waals surface area contributed by atoms with Crippen molar-refractivity contribution in [3.63, 3.8) is 0 Å². The topological polar surface area (TPSA) is 15.3 Å². The average Bonchev–Trinajstić information content (AvgIpc) is 2.77. The van der Waals surface area contributed by atoms with Gasteiger partial charge in [0.1, 0.15) is 0 Å². The summed E-state index contributed by atoms with van der Waals surface area (Å²) in [5, 5.41) is 3.73. The molecule has 2 saturated carbocycles. The van der Waals surface area contributed by atoms with E-state index in [0.29, 0.717) is 0 Å². The van der Waals surface area contributed by atoms with Crippen LogP contribution in [-0.4, -0.2) is 35.6 Å². The van der Waals surface area contributed by atoms with Crippen LogP contribution >= 0.6 is 0 Å². The zero-order valence-electron chi connectivity index (χ0n) is 14.4. The lowest BCUT2D eigenvalue weighted by atomic mass is 9.77. The Bertz CT molecular complexity index is 286. The van der Waals surface area contributed by atoms with E-state index in [2.05, 4.69) is 44.8 Å². The van der Waals surface area contributed by atoms with Crippen LogP contribution in [0.2, 0.25) is 0 Å². The van der Waals surface area contributed by atoms with Crippen molar-refractivity contribution in [1.82, 2.24) is 10.2 Å². The van der Waals surface area contributed by atoms with Crippen molar-refractivity contribution in [1.29, 1.82) is 0 Å². The van der Waals surface area contributed by atoms with Crippen LogP contribution in [0.25, 0.3) is 0 Å². The largest absolute Gasteiger partial charge is 0.312 e. The van der Waals surface area contributed by atoms with Crippen molar-refractivity contribution in [2.75, 3.05) is 13.1 Å². The first-order valence-corrected chi connectivity index (χ1v) is 8.87. The summed E-state index contributed by atoms with van der Waals surface area (Å²) in [5.41, 5.74) is 0.260. The molecule has 2 unspecified atom stereocenters. The summed E-state index contributed by atoms with van der Waals surface area (Å²) in [4.78, 5) is 2.90. The Kier molecular flexibility index (Phi) is 5.53. The Morgan fingerprint density at radius 3 is 2.15 bits per heavy atom. The Hall–Kier alpha value is -0.0800. The highest BCUT2D eigenvalue weighted by Crippen LogP contribution is 2.37. The van der Waals surface area contributed by atoms with Crippen LogP contribution in [0.4, 0.5) is 0 Å². The quantitative estimate of drug-likeness (QED) is 0.789. The lowest BCUT2D eigenvalue weighted by Crippen LogP contribution is -2.56. The Labute approximate surface area is 126 Å². The third-order valence-corrected chi connectivity index (χ3v) is 5.07. The number of rotatable bonds is 6. The molecule has 2 fully saturated rings. The molecule has 0 radical (unpaired) electrons. The standard InChI is InChI=1S/C18H36N2/c1-14(2)13-20(16-8-6-7-9-16)17-11-10-15(17)12-19-18(3,4)5/h14-17,19H,6-13H2,1-5H3. The van der Waals surface area contributed by atoms with Gasteiger partial charge in [-0.05, 0) is 64.8 Å². The van der Waals surface area contributed by atoms with Crippen molar-refractivity contribution in [3.8, 4) is 0 Å². The predicted molar refractivity (Wildman–Crippen MR) is 88.1 cm³/mol. The summed E-state index contributed by atoms with van der Waals surface area (Å²) in [5.74, 6) is 1.68. The second kappa shape index (κ2) is 6.79. The molecule has 0 aromatic heterocycles. The van der Waals surface area contributed by atoms with Crippen LogP contribution in [0.3, 0.4) is 0 Å². The highest BCUT2D eigenvalue weighted by Gasteiger charge is 2.39. The molecular weight excluding hydrogens is 244 g/mol. The highest BCUT2D eigenvalue weighted by atomic mass is 15.2. The second-order valence-electron chi connectivity index (χ2n) is 8.56. The fourth-order valence-electron chi connectivity index (χ4n) is 3.88. The van der Waals surface area contributed by atoms with E-state index in [9.17, 15) is 0 Å². The van der Waals surface area contributed by atoms with E-state index in [4.69, 9.17) is 0 Å². The molecule has 0 heterocycles. The maximum atomic E-state index is 3.73. The molecule has 0 saturated heterocycles. The molecule has 2 nitrogen and oxygen atoms in total. The summed E-state index contributed by atoms with van der Waals surface area (Å²) in [6, 6.07) is 1.75. The molecule has 118 valence electrons. The van der Waals surface area contributed by atoms with Gasteiger partial charge in [-0.3, -0.25) is 4.90 Å². The van der Waals surface area contributed by atoms with Crippen LogP contribution in [-0.2, 0) is 0 Å². The van der Waals surface area contributed by atoms with Gasteiger partial charge in [0.2, 0.25) is 0 Å². The van der Waals surface area contributed by atoms with Gasteiger partial charge < -0.3 is 5.32 Å². The highest BCUT2D eigenvalue weighted by molar-refractivity contribution is 4.95. The van der Waals surface area contributed by atoms with Crippen molar-refractivity contribution in [2.24, 2.45) is 11.8 Å². The first kappa shape index (κ1) is 16.3. The molecule has 0 amide bonds. The van der Waals surface area contributed by atoms with Crippen molar-refractivity contribution < 1.29 is 0 Å². The summed E-state index contributed by atoms with van der Waals surface area (Å²) in [6.45, 7) is 14.1. The zero-order valence-corrected chi connectivity index (χ0v) is 14.4. The molecular formula is C18H36N2. The van der Waals surface area contributed by atoms with Gasteiger partial charge in [-0.1, -0.05) is 26.7 Å². The number of hydrogen-bond donors (Lipinski definition) is 1. The van der Waals surface area contributed by atoms with Crippen molar-refractivity contribution >= 4 is 0 Å². The summed E-state index contributed by atoms with van der Waals surface area (Å²) in [6.07, 6.45) is 8.66. The minimum absolute atomic E-state index is 0.260. The lowest BCUT2D eigenvalue weighted by molar-refractivity contribution is 0.0177. The van der Waals surface area contributed by atoms with E-state index in [0.717, 1.165) is 23.9 Å². The molecule has 0 aromatic rings. The lowest BCUT2D eigenvalue weighted by Gasteiger charge is -2.48. The van der Waals surface area contributed by atoms with Crippen LogP contribution in [0, 0.1) is 11.8 Å². The maximum absolute atomic E-state index is 3.73. The van der Waals surface area contributed by atoms with Crippen LogP contribution in [0.5, 0.6) is 0 Å².